The molecule has 7 heteroatoms. The zero-order chi connectivity index (χ0) is 19.2. The number of imidazole rings is 1. The van der Waals surface area contributed by atoms with E-state index in [1.54, 1.807) is 25.3 Å². The number of rotatable bonds is 7. The van der Waals surface area contributed by atoms with Gasteiger partial charge in [0.15, 0.2) is 0 Å². The van der Waals surface area contributed by atoms with Gasteiger partial charge < -0.3 is 19.1 Å². The average Bonchev–Trinajstić information content (AvgIpc) is 3.20. The molecule has 3 rings (SSSR count). The lowest BCUT2D eigenvalue weighted by molar-refractivity contribution is 0.0802. The van der Waals surface area contributed by atoms with Crippen molar-refractivity contribution in [1.82, 2.24) is 19.4 Å². The molecule has 7 nitrogen and oxygen atoms in total. The number of aromatic nitrogens is 3. The lowest BCUT2D eigenvalue weighted by Crippen LogP contribution is -2.36. The highest BCUT2D eigenvalue weighted by atomic mass is 16.5. The standard InChI is InChI=1S/C20H29N5O2/c1-4-23(2)20(26)16-7-8-18(22-14-16)25-10-5-6-17(15-25)19-21-9-11-24(19)12-13-27-3/h7-9,11,14,17H,4-6,10,12-13,15H2,1-3H3/t17-/m1/s1. The Bertz CT molecular complexity index is 743. The predicted octanol–water partition coefficient (Wildman–Crippen LogP) is 2.40. The molecular weight excluding hydrogens is 342 g/mol. The van der Waals surface area contributed by atoms with E-state index in [0.717, 1.165) is 44.1 Å². The summed E-state index contributed by atoms with van der Waals surface area (Å²) in [5.41, 5.74) is 0.631. The second-order valence-electron chi connectivity index (χ2n) is 6.98. The first-order chi connectivity index (χ1) is 13.1. The van der Waals surface area contributed by atoms with Crippen LogP contribution in [0.3, 0.4) is 0 Å². The van der Waals surface area contributed by atoms with Crippen LogP contribution in [0.4, 0.5) is 5.82 Å². The van der Waals surface area contributed by atoms with E-state index in [9.17, 15) is 4.79 Å². The highest BCUT2D eigenvalue weighted by molar-refractivity contribution is 5.93. The highest BCUT2D eigenvalue weighted by Crippen LogP contribution is 2.28. The van der Waals surface area contributed by atoms with Gasteiger partial charge in [0.2, 0.25) is 0 Å². The number of piperidine rings is 1. The number of hydrogen-bond donors (Lipinski definition) is 0. The van der Waals surface area contributed by atoms with Crippen LogP contribution in [0.2, 0.25) is 0 Å². The minimum Gasteiger partial charge on any atom is -0.383 e. The van der Waals surface area contributed by atoms with Crippen molar-refractivity contribution in [3.63, 3.8) is 0 Å². The number of nitrogens with zero attached hydrogens (tertiary/aromatic N) is 5. The number of ether oxygens (including phenoxy) is 1. The minimum atomic E-state index is 0.00763. The van der Waals surface area contributed by atoms with Crippen LogP contribution in [0.15, 0.2) is 30.7 Å². The first-order valence-corrected chi connectivity index (χ1v) is 9.60. The van der Waals surface area contributed by atoms with E-state index in [4.69, 9.17) is 4.74 Å². The second-order valence-corrected chi connectivity index (χ2v) is 6.98. The maximum Gasteiger partial charge on any atom is 0.255 e. The fourth-order valence-corrected chi connectivity index (χ4v) is 3.52. The third-order valence-electron chi connectivity index (χ3n) is 5.21. The zero-order valence-electron chi connectivity index (χ0n) is 16.5. The maximum atomic E-state index is 12.2. The van der Waals surface area contributed by atoms with Gasteiger partial charge in [-0.3, -0.25) is 4.79 Å². The van der Waals surface area contributed by atoms with E-state index in [1.807, 2.05) is 31.5 Å². The van der Waals surface area contributed by atoms with Gasteiger partial charge in [-0.05, 0) is 31.9 Å². The monoisotopic (exact) mass is 371 g/mol. The van der Waals surface area contributed by atoms with Gasteiger partial charge >= 0.3 is 0 Å². The van der Waals surface area contributed by atoms with Gasteiger partial charge in [0, 0.05) is 64.8 Å². The SMILES string of the molecule is CCN(C)C(=O)c1ccc(N2CCC[C@@H](c3nccn3CCOC)C2)nc1. The Morgan fingerprint density at radius 3 is 2.93 bits per heavy atom. The summed E-state index contributed by atoms with van der Waals surface area (Å²) in [4.78, 5) is 25.4. The van der Waals surface area contributed by atoms with Crippen molar-refractivity contribution in [2.75, 3.05) is 45.3 Å². The van der Waals surface area contributed by atoms with Gasteiger partial charge in [0.05, 0.1) is 12.2 Å². The zero-order valence-corrected chi connectivity index (χ0v) is 16.5. The fourth-order valence-electron chi connectivity index (χ4n) is 3.52. The lowest BCUT2D eigenvalue weighted by Gasteiger charge is -2.33. The Morgan fingerprint density at radius 1 is 1.37 bits per heavy atom. The van der Waals surface area contributed by atoms with Crippen LogP contribution < -0.4 is 4.90 Å². The summed E-state index contributed by atoms with van der Waals surface area (Å²) in [5, 5.41) is 0. The van der Waals surface area contributed by atoms with Crippen LogP contribution in [0.25, 0.3) is 0 Å². The molecule has 0 N–H and O–H groups in total. The molecule has 0 aliphatic carbocycles. The van der Waals surface area contributed by atoms with Crippen LogP contribution >= 0.6 is 0 Å². The van der Waals surface area contributed by atoms with Gasteiger partial charge in [-0.25, -0.2) is 9.97 Å². The first-order valence-electron chi connectivity index (χ1n) is 9.60. The van der Waals surface area contributed by atoms with Crippen molar-refractivity contribution in [1.29, 1.82) is 0 Å². The summed E-state index contributed by atoms with van der Waals surface area (Å²) in [6.45, 7) is 6.02. The molecule has 1 atom stereocenters. The topological polar surface area (TPSA) is 63.5 Å². The van der Waals surface area contributed by atoms with Gasteiger partial charge in [-0.15, -0.1) is 0 Å². The number of hydrogen-bond acceptors (Lipinski definition) is 5. The molecule has 1 fully saturated rings. The molecule has 0 unspecified atom stereocenters. The Morgan fingerprint density at radius 2 is 2.22 bits per heavy atom. The molecular formula is C20H29N5O2. The van der Waals surface area contributed by atoms with Gasteiger partial charge in [-0.2, -0.15) is 0 Å². The summed E-state index contributed by atoms with van der Waals surface area (Å²) in [7, 11) is 3.52. The second kappa shape index (κ2) is 8.99. The smallest absolute Gasteiger partial charge is 0.255 e. The Hall–Kier alpha value is -2.41. The molecule has 1 saturated heterocycles. The summed E-state index contributed by atoms with van der Waals surface area (Å²) in [5.74, 6) is 2.42. The van der Waals surface area contributed by atoms with Crippen molar-refractivity contribution in [2.45, 2.75) is 32.2 Å². The summed E-state index contributed by atoms with van der Waals surface area (Å²) < 4.78 is 7.39. The molecule has 0 saturated carbocycles. The van der Waals surface area contributed by atoms with Gasteiger partial charge in [-0.1, -0.05) is 0 Å². The maximum absolute atomic E-state index is 12.2. The number of carbonyl (C=O) groups is 1. The van der Waals surface area contributed by atoms with Crippen molar-refractivity contribution in [3.8, 4) is 0 Å². The van der Waals surface area contributed by atoms with E-state index in [-0.39, 0.29) is 5.91 Å². The van der Waals surface area contributed by atoms with Crippen LogP contribution in [-0.2, 0) is 11.3 Å². The third kappa shape index (κ3) is 4.47. The fraction of sp³-hybridized carbons (Fsp3) is 0.550. The largest absolute Gasteiger partial charge is 0.383 e. The number of anilines is 1. The molecule has 27 heavy (non-hydrogen) atoms. The molecule has 0 bridgehead atoms. The summed E-state index contributed by atoms with van der Waals surface area (Å²) >= 11 is 0. The van der Waals surface area contributed by atoms with E-state index < -0.39 is 0 Å². The van der Waals surface area contributed by atoms with Gasteiger partial charge in [0.25, 0.3) is 5.91 Å². The first kappa shape index (κ1) is 19.4. The number of pyridine rings is 1. The number of methoxy groups -OCH3 is 1. The van der Waals surface area contributed by atoms with Crippen LogP contribution in [0.5, 0.6) is 0 Å². The Kier molecular flexibility index (Phi) is 6.45. The lowest BCUT2D eigenvalue weighted by atomic mass is 9.97. The normalized spacial score (nSPS) is 17.1. The Labute approximate surface area is 161 Å². The van der Waals surface area contributed by atoms with E-state index in [0.29, 0.717) is 24.6 Å². The van der Waals surface area contributed by atoms with Crippen molar-refractivity contribution in [3.05, 3.63) is 42.1 Å². The molecule has 0 aromatic carbocycles. The average molecular weight is 371 g/mol. The van der Waals surface area contributed by atoms with Crippen molar-refractivity contribution >= 4 is 11.7 Å². The quantitative estimate of drug-likeness (QED) is 0.748. The molecule has 0 spiro atoms. The van der Waals surface area contributed by atoms with Crippen LogP contribution in [0.1, 0.15) is 41.9 Å². The molecule has 146 valence electrons. The highest BCUT2D eigenvalue weighted by Gasteiger charge is 2.25. The third-order valence-corrected chi connectivity index (χ3v) is 5.21. The van der Waals surface area contributed by atoms with E-state index in [2.05, 4.69) is 19.4 Å². The van der Waals surface area contributed by atoms with E-state index >= 15 is 0 Å². The molecule has 1 aliphatic rings. The molecule has 2 aromatic heterocycles. The van der Waals surface area contributed by atoms with Crippen molar-refractivity contribution in [2.24, 2.45) is 0 Å². The molecule has 1 amide bonds. The van der Waals surface area contributed by atoms with E-state index in [1.165, 1.54) is 0 Å². The van der Waals surface area contributed by atoms with Crippen LogP contribution in [0, 0.1) is 0 Å². The molecule has 1 aliphatic heterocycles. The molecule has 3 heterocycles. The molecule has 2 aromatic rings. The van der Waals surface area contributed by atoms with Gasteiger partial charge in [0.1, 0.15) is 11.6 Å². The predicted molar refractivity (Wildman–Crippen MR) is 105 cm³/mol. The summed E-state index contributed by atoms with van der Waals surface area (Å²) in [6.07, 6.45) is 7.80. The Balaban J connectivity index is 1.69. The number of carbonyl (C=O) groups excluding carboxylic acids is 1. The number of amides is 1. The van der Waals surface area contributed by atoms with Crippen molar-refractivity contribution < 1.29 is 9.53 Å². The summed E-state index contributed by atoms with van der Waals surface area (Å²) in [6, 6.07) is 3.83. The van der Waals surface area contributed by atoms with Crippen LogP contribution in [-0.4, -0.2) is 65.7 Å². The molecule has 0 radical (unpaired) electrons. The minimum absolute atomic E-state index is 0.00763.